The van der Waals surface area contributed by atoms with Crippen LogP contribution in [0.25, 0.3) is 0 Å². The van der Waals surface area contributed by atoms with Crippen molar-refractivity contribution in [1.29, 1.82) is 0 Å². The van der Waals surface area contributed by atoms with E-state index in [1.807, 2.05) is 9.80 Å². The van der Waals surface area contributed by atoms with Gasteiger partial charge in [-0.15, -0.1) is 24.8 Å². The Balaban J connectivity index is 0.00000169. The number of amides is 2. The minimum atomic E-state index is 0. The maximum atomic E-state index is 12.8. The molecule has 6 nitrogen and oxygen atoms in total. The van der Waals surface area contributed by atoms with E-state index in [9.17, 15) is 9.59 Å². The van der Waals surface area contributed by atoms with E-state index in [2.05, 4.69) is 4.90 Å². The molecule has 3 rings (SSSR count). The van der Waals surface area contributed by atoms with Gasteiger partial charge in [0, 0.05) is 51.2 Å². The first-order chi connectivity index (χ1) is 11.6. The van der Waals surface area contributed by atoms with Crippen LogP contribution in [0, 0.1) is 5.92 Å². The van der Waals surface area contributed by atoms with Crippen molar-refractivity contribution >= 4 is 36.6 Å². The molecule has 0 aromatic carbocycles. The van der Waals surface area contributed by atoms with Crippen molar-refractivity contribution in [1.82, 2.24) is 14.7 Å². The van der Waals surface area contributed by atoms with Gasteiger partial charge in [0.25, 0.3) is 0 Å². The van der Waals surface area contributed by atoms with Crippen molar-refractivity contribution in [2.75, 3.05) is 45.8 Å². The molecule has 2 amide bonds. The SMILES string of the molecule is Cl.Cl.NC1CCCC(C(=O)N2CCCN(CC(=O)N3CCCC3)CC2)C1. The number of carbonyl (C=O) groups excluding carboxylic acids is 2. The lowest BCUT2D eigenvalue weighted by Crippen LogP contribution is -2.43. The number of carbonyl (C=O) groups is 2. The highest BCUT2D eigenvalue weighted by molar-refractivity contribution is 5.85. The summed E-state index contributed by atoms with van der Waals surface area (Å²) in [7, 11) is 0. The summed E-state index contributed by atoms with van der Waals surface area (Å²) in [5.41, 5.74) is 6.04. The van der Waals surface area contributed by atoms with Gasteiger partial charge in [0.2, 0.25) is 11.8 Å². The molecule has 2 atom stereocenters. The molecule has 0 aromatic heterocycles. The smallest absolute Gasteiger partial charge is 0.236 e. The number of hydrogen-bond donors (Lipinski definition) is 1. The van der Waals surface area contributed by atoms with Crippen molar-refractivity contribution < 1.29 is 9.59 Å². The summed E-state index contributed by atoms with van der Waals surface area (Å²) < 4.78 is 0. The summed E-state index contributed by atoms with van der Waals surface area (Å²) in [5, 5.41) is 0. The van der Waals surface area contributed by atoms with Gasteiger partial charge in [0.05, 0.1) is 6.54 Å². The van der Waals surface area contributed by atoms with Gasteiger partial charge in [0.15, 0.2) is 0 Å². The molecule has 0 spiro atoms. The van der Waals surface area contributed by atoms with Gasteiger partial charge in [-0.1, -0.05) is 6.42 Å². The highest BCUT2D eigenvalue weighted by Gasteiger charge is 2.30. The monoisotopic (exact) mass is 408 g/mol. The maximum absolute atomic E-state index is 12.8. The minimum absolute atomic E-state index is 0. The van der Waals surface area contributed by atoms with Crippen molar-refractivity contribution in [3.8, 4) is 0 Å². The third kappa shape index (κ3) is 6.25. The van der Waals surface area contributed by atoms with Crippen LogP contribution in [-0.4, -0.2) is 78.4 Å². The number of nitrogens with two attached hydrogens (primary N) is 1. The standard InChI is InChI=1S/C18H32N4O2.2ClH/c19-16-6-3-5-15(13-16)18(24)22-10-4-7-20(11-12-22)14-17(23)21-8-1-2-9-21;;/h15-16H,1-14,19H2;2*1H. The van der Waals surface area contributed by atoms with E-state index in [1.165, 1.54) is 0 Å². The van der Waals surface area contributed by atoms with Gasteiger partial charge in [-0.25, -0.2) is 0 Å². The number of rotatable bonds is 3. The molecule has 2 N–H and O–H groups in total. The lowest BCUT2D eigenvalue weighted by atomic mass is 9.85. The molecule has 3 fully saturated rings. The Kier molecular flexibility index (Phi) is 10.2. The van der Waals surface area contributed by atoms with Crippen LogP contribution in [0.3, 0.4) is 0 Å². The minimum Gasteiger partial charge on any atom is -0.342 e. The van der Waals surface area contributed by atoms with E-state index in [0.717, 1.165) is 84.2 Å². The fourth-order valence-corrected chi connectivity index (χ4v) is 4.32. The summed E-state index contributed by atoms with van der Waals surface area (Å²) >= 11 is 0. The fourth-order valence-electron chi connectivity index (χ4n) is 4.32. The van der Waals surface area contributed by atoms with E-state index in [-0.39, 0.29) is 48.6 Å². The van der Waals surface area contributed by atoms with Crippen LogP contribution in [0.2, 0.25) is 0 Å². The molecule has 152 valence electrons. The zero-order valence-corrected chi connectivity index (χ0v) is 17.2. The van der Waals surface area contributed by atoms with Gasteiger partial charge in [-0.05, 0) is 38.5 Å². The Morgan fingerprint density at radius 1 is 0.808 bits per heavy atom. The summed E-state index contributed by atoms with van der Waals surface area (Å²) in [6, 6.07) is 0.189. The van der Waals surface area contributed by atoms with Crippen molar-refractivity contribution in [2.45, 2.75) is 51.0 Å². The molecule has 2 aliphatic heterocycles. The van der Waals surface area contributed by atoms with Crippen LogP contribution in [0.15, 0.2) is 0 Å². The first-order valence-electron chi connectivity index (χ1n) is 9.68. The Morgan fingerprint density at radius 2 is 1.50 bits per heavy atom. The molecular weight excluding hydrogens is 375 g/mol. The van der Waals surface area contributed by atoms with Crippen LogP contribution in [-0.2, 0) is 9.59 Å². The molecule has 1 aliphatic carbocycles. The van der Waals surface area contributed by atoms with Gasteiger partial charge in [0.1, 0.15) is 0 Å². The molecule has 2 saturated heterocycles. The second-order valence-corrected chi connectivity index (χ2v) is 7.67. The first-order valence-corrected chi connectivity index (χ1v) is 9.68. The predicted octanol–water partition coefficient (Wildman–Crippen LogP) is 1.50. The average Bonchev–Trinajstić information content (AvgIpc) is 3.02. The number of likely N-dealkylation sites (tertiary alicyclic amines) is 1. The lowest BCUT2D eigenvalue weighted by Gasteiger charge is -2.31. The quantitative estimate of drug-likeness (QED) is 0.767. The molecular formula is C18H34Cl2N4O2. The molecule has 0 aromatic rings. The highest BCUT2D eigenvalue weighted by Crippen LogP contribution is 2.25. The van der Waals surface area contributed by atoms with Gasteiger partial charge >= 0.3 is 0 Å². The predicted molar refractivity (Wildman–Crippen MR) is 108 cm³/mol. The van der Waals surface area contributed by atoms with E-state index in [0.29, 0.717) is 6.54 Å². The van der Waals surface area contributed by atoms with E-state index < -0.39 is 0 Å². The molecule has 2 unspecified atom stereocenters. The number of halogens is 2. The van der Waals surface area contributed by atoms with Crippen molar-refractivity contribution in [3.63, 3.8) is 0 Å². The Bertz CT molecular complexity index is 460. The maximum Gasteiger partial charge on any atom is 0.236 e. The number of nitrogens with zero attached hydrogens (tertiary/aromatic N) is 3. The van der Waals surface area contributed by atoms with Gasteiger partial charge < -0.3 is 15.5 Å². The lowest BCUT2D eigenvalue weighted by molar-refractivity contribution is -0.136. The summed E-state index contributed by atoms with van der Waals surface area (Å²) in [5.74, 6) is 0.662. The second kappa shape index (κ2) is 11.3. The van der Waals surface area contributed by atoms with E-state index in [4.69, 9.17) is 5.73 Å². The molecule has 3 aliphatic rings. The molecule has 0 bridgehead atoms. The fraction of sp³-hybridized carbons (Fsp3) is 0.889. The number of hydrogen-bond acceptors (Lipinski definition) is 4. The van der Waals surface area contributed by atoms with Gasteiger partial charge in [-0.3, -0.25) is 14.5 Å². The zero-order chi connectivity index (χ0) is 16.9. The molecule has 26 heavy (non-hydrogen) atoms. The Labute approximate surface area is 169 Å². The third-order valence-electron chi connectivity index (χ3n) is 5.78. The van der Waals surface area contributed by atoms with Crippen molar-refractivity contribution in [2.24, 2.45) is 11.7 Å². The van der Waals surface area contributed by atoms with Crippen LogP contribution in [0.5, 0.6) is 0 Å². The van der Waals surface area contributed by atoms with Crippen LogP contribution in [0.4, 0.5) is 0 Å². The first kappa shape index (κ1) is 23.5. The second-order valence-electron chi connectivity index (χ2n) is 7.67. The van der Waals surface area contributed by atoms with Gasteiger partial charge in [-0.2, -0.15) is 0 Å². The van der Waals surface area contributed by atoms with E-state index >= 15 is 0 Å². The van der Waals surface area contributed by atoms with Crippen LogP contribution < -0.4 is 5.73 Å². The summed E-state index contributed by atoms with van der Waals surface area (Å²) in [6.45, 7) is 5.63. The zero-order valence-electron chi connectivity index (χ0n) is 15.6. The van der Waals surface area contributed by atoms with Crippen LogP contribution in [0.1, 0.15) is 44.9 Å². The molecule has 1 saturated carbocycles. The summed E-state index contributed by atoms with van der Waals surface area (Å²) in [6.07, 6.45) is 7.18. The largest absolute Gasteiger partial charge is 0.342 e. The summed E-state index contributed by atoms with van der Waals surface area (Å²) in [4.78, 5) is 31.3. The van der Waals surface area contributed by atoms with E-state index in [1.54, 1.807) is 0 Å². The highest BCUT2D eigenvalue weighted by atomic mass is 35.5. The topological polar surface area (TPSA) is 69.9 Å². The van der Waals surface area contributed by atoms with Crippen molar-refractivity contribution in [3.05, 3.63) is 0 Å². The Hall–Kier alpha value is -0.560. The molecule has 0 radical (unpaired) electrons. The van der Waals surface area contributed by atoms with Crippen LogP contribution >= 0.6 is 24.8 Å². The Morgan fingerprint density at radius 3 is 2.19 bits per heavy atom. The normalized spacial score (nSPS) is 27.3. The average molecular weight is 409 g/mol. The molecule has 2 heterocycles. The molecule has 8 heteroatoms. The third-order valence-corrected chi connectivity index (χ3v) is 5.78.